The van der Waals surface area contributed by atoms with Gasteiger partial charge in [0.25, 0.3) is 5.91 Å². The number of likely N-dealkylation sites (tertiary alicyclic amines) is 1. The molecule has 1 amide bonds. The lowest BCUT2D eigenvalue weighted by Gasteiger charge is -2.18. The molecule has 0 saturated carbocycles. The average Bonchev–Trinajstić information content (AvgIpc) is 3.16. The van der Waals surface area contributed by atoms with E-state index in [0.717, 1.165) is 17.0 Å². The van der Waals surface area contributed by atoms with Crippen molar-refractivity contribution in [2.45, 2.75) is 12.3 Å². The van der Waals surface area contributed by atoms with E-state index in [4.69, 9.17) is 26.8 Å². The van der Waals surface area contributed by atoms with Gasteiger partial charge in [-0.05, 0) is 36.2 Å². The molecule has 0 spiro atoms. The van der Waals surface area contributed by atoms with Gasteiger partial charge in [0, 0.05) is 36.1 Å². The number of nitrogens with zero attached hydrogens (tertiary/aromatic N) is 1. The van der Waals surface area contributed by atoms with E-state index < -0.39 is 0 Å². The summed E-state index contributed by atoms with van der Waals surface area (Å²) in [6.45, 7) is 2.19. The number of carbonyl (C=O) groups is 1. The van der Waals surface area contributed by atoms with Crippen LogP contribution >= 0.6 is 11.6 Å². The smallest absolute Gasteiger partial charge is 0.254 e. The van der Waals surface area contributed by atoms with Crippen molar-refractivity contribution < 1.29 is 14.3 Å². The van der Waals surface area contributed by atoms with Crippen LogP contribution in [-0.4, -0.2) is 44.2 Å². The molecule has 138 valence electrons. The van der Waals surface area contributed by atoms with E-state index in [1.807, 2.05) is 29.2 Å². The van der Waals surface area contributed by atoms with Crippen molar-refractivity contribution in [3.63, 3.8) is 0 Å². The van der Waals surface area contributed by atoms with Crippen molar-refractivity contribution in [3.8, 4) is 11.5 Å². The first-order valence-corrected chi connectivity index (χ1v) is 9.06. The van der Waals surface area contributed by atoms with Crippen molar-refractivity contribution >= 4 is 17.5 Å². The van der Waals surface area contributed by atoms with Gasteiger partial charge in [-0.2, -0.15) is 0 Å². The minimum atomic E-state index is -0.0109. The molecule has 0 bridgehead atoms. The summed E-state index contributed by atoms with van der Waals surface area (Å²) < 4.78 is 10.9. The molecule has 1 saturated heterocycles. The Hall–Kier alpha value is -2.24. The summed E-state index contributed by atoms with van der Waals surface area (Å²) in [5, 5.41) is 0.759. The molecule has 26 heavy (non-hydrogen) atoms. The van der Waals surface area contributed by atoms with Gasteiger partial charge in [0.05, 0.1) is 7.11 Å². The molecule has 6 heteroatoms. The van der Waals surface area contributed by atoms with E-state index in [-0.39, 0.29) is 11.8 Å². The van der Waals surface area contributed by atoms with Gasteiger partial charge < -0.3 is 20.1 Å². The predicted molar refractivity (Wildman–Crippen MR) is 102 cm³/mol. The van der Waals surface area contributed by atoms with Gasteiger partial charge in [0.15, 0.2) is 11.5 Å². The average molecular weight is 375 g/mol. The summed E-state index contributed by atoms with van der Waals surface area (Å²) >= 11 is 6.30. The van der Waals surface area contributed by atoms with Gasteiger partial charge in [-0.25, -0.2) is 0 Å². The molecule has 0 unspecified atom stereocenters. The van der Waals surface area contributed by atoms with Crippen molar-refractivity contribution in [2.24, 2.45) is 5.73 Å². The molecule has 2 N–H and O–H groups in total. The molecular formula is C20H23ClN2O3. The number of carbonyl (C=O) groups excluding carboxylic acids is 1. The van der Waals surface area contributed by atoms with Gasteiger partial charge in [0.2, 0.25) is 0 Å². The second-order valence-electron chi connectivity index (χ2n) is 6.26. The zero-order valence-corrected chi connectivity index (χ0v) is 15.5. The molecule has 0 aliphatic carbocycles. The quantitative estimate of drug-likeness (QED) is 0.842. The number of hydrogen-bond acceptors (Lipinski definition) is 4. The van der Waals surface area contributed by atoms with Crippen molar-refractivity contribution in [3.05, 3.63) is 58.6 Å². The van der Waals surface area contributed by atoms with Gasteiger partial charge in [-0.1, -0.05) is 29.8 Å². The fraction of sp³-hybridized carbons (Fsp3) is 0.350. The number of benzene rings is 2. The highest BCUT2D eigenvalue weighted by Gasteiger charge is 2.29. The van der Waals surface area contributed by atoms with Crippen LogP contribution in [0.2, 0.25) is 5.02 Å². The van der Waals surface area contributed by atoms with Gasteiger partial charge in [-0.3, -0.25) is 4.79 Å². The molecule has 3 rings (SSSR count). The summed E-state index contributed by atoms with van der Waals surface area (Å²) in [6.07, 6.45) is 0.907. The van der Waals surface area contributed by atoms with E-state index in [9.17, 15) is 4.79 Å². The lowest BCUT2D eigenvalue weighted by molar-refractivity contribution is 0.0790. The number of rotatable bonds is 6. The minimum absolute atomic E-state index is 0.0109. The molecule has 0 aromatic heterocycles. The molecule has 1 fully saturated rings. The molecule has 2 aromatic carbocycles. The maximum atomic E-state index is 12.9. The summed E-state index contributed by atoms with van der Waals surface area (Å²) in [7, 11) is 1.56. The monoisotopic (exact) mass is 374 g/mol. The fourth-order valence-corrected chi connectivity index (χ4v) is 3.57. The van der Waals surface area contributed by atoms with Gasteiger partial charge >= 0.3 is 0 Å². The molecular weight excluding hydrogens is 352 g/mol. The summed E-state index contributed by atoms with van der Waals surface area (Å²) in [5.41, 5.74) is 7.15. The SMILES string of the molecule is COc1cc(C(=O)N2CC[C@@H](c3ccccc3Cl)C2)ccc1OCCN. The summed E-state index contributed by atoms with van der Waals surface area (Å²) in [4.78, 5) is 14.7. The second kappa shape index (κ2) is 8.43. The first kappa shape index (κ1) is 18.5. The Balaban J connectivity index is 1.73. The van der Waals surface area contributed by atoms with Crippen LogP contribution in [0, 0.1) is 0 Å². The predicted octanol–water partition coefficient (Wildman–Crippen LogP) is 3.32. The Kier molecular flexibility index (Phi) is 6.01. The fourth-order valence-electron chi connectivity index (χ4n) is 3.28. The van der Waals surface area contributed by atoms with Crippen molar-refractivity contribution in [1.82, 2.24) is 4.90 Å². The molecule has 1 aliphatic heterocycles. The van der Waals surface area contributed by atoms with Crippen LogP contribution in [-0.2, 0) is 0 Å². The highest BCUT2D eigenvalue weighted by atomic mass is 35.5. The Morgan fingerprint density at radius 3 is 2.81 bits per heavy atom. The molecule has 1 aliphatic rings. The molecule has 5 nitrogen and oxygen atoms in total. The lowest BCUT2D eigenvalue weighted by Crippen LogP contribution is -2.28. The van der Waals surface area contributed by atoms with Crippen LogP contribution in [0.4, 0.5) is 0 Å². The maximum Gasteiger partial charge on any atom is 0.254 e. The maximum absolute atomic E-state index is 12.9. The number of ether oxygens (including phenoxy) is 2. The van der Waals surface area contributed by atoms with Crippen LogP contribution in [0.1, 0.15) is 28.3 Å². The van der Waals surface area contributed by atoms with E-state index in [1.165, 1.54) is 0 Å². The number of methoxy groups -OCH3 is 1. The third-order valence-electron chi connectivity index (χ3n) is 4.61. The van der Waals surface area contributed by atoms with E-state index in [1.54, 1.807) is 25.3 Å². The number of halogens is 1. The normalized spacial score (nSPS) is 16.6. The Bertz CT molecular complexity index is 781. The number of nitrogens with two attached hydrogens (primary N) is 1. The van der Waals surface area contributed by atoms with Gasteiger partial charge in [-0.15, -0.1) is 0 Å². The number of amides is 1. The van der Waals surface area contributed by atoms with E-state index >= 15 is 0 Å². The Morgan fingerprint density at radius 1 is 1.27 bits per heavy atom. The molecule has 1 heterocycles. The lowest BCUT2D eigenvalue weighted by atomic mass is 9.98. The van der Waals surface area contributed by atoms with Crippen LogP contribution in [0.25, 0.3) is 0 Å². The van der Waals surface area contributed by atoms with Crippen LogP contribution in [0.5, 0.6) is 11.5 Å². The summed E-state index contributed by atoms with van der Waals surface area (Å²) in [5.74, 6) is 1.38. The van der Waals surface area contributed by atoms with E-state index in [0.29, 0.717) is 43.3 Å². The first-order chi connectivity index (χ1) is 12.6. The molecule has 1 atom stereocenters. The van der Waals surface area contributed by atoms with Crippen LogP contribution < -0.4 is 15.2 Å². The van der Waals surface area contributed by atoms with E-state index in [2.05, 4.69) is 0 Å². The van der Waals surface area contributed by atoms with Crippen molar-refractivity contribution in [1.29, 1.82) is 0 Å². The highest BCUT2D eigenvalue weighted by Crippen LogP contribution is 2.33. The second-order valence-corrected chi connectivity index (χ2v) is 6.67. The zero-order chi connectivity index (χ0) is 18.5. The Morgan fingerprint density at radius 2 is 2.08 bits per heavy atom. The zero-order valence-electron chi connectivity index (χ0n) is 14.8. The molecule has 2 aromatic rings. The molecule has 0 radical (unpaired) electrons. The first-order valence-electron chi connectivity index (χ1n) is 8.68. The standard InChI is InChI=1S/C20H23ClN2O3/c1-25-19-12-14(6-7-18(19)26-11-9-22)20(24)23-10-8-15(13-23)16-4-2-3-5-17(16)21/h2-7,12,15H,8-11,13,22H2,1H3/t15-/m1/s1. The minimum Gasteiger partial charge on any atom is -0.493 e. The topological polar surface area (TPSA) is 64.8 Å². The third kappa shape index (κ3) is 3.94. The third-order valence-corrected chi connectivity index (χ3v) is 4.95. The van der Waals surface area contributed by atoms with Crippen LogP contribution in [0.15, 0.2) is 42.5 Å². The van der Waals surface area contributed by atoms with Gasteiger partial charge in [0.1, 0.15) is 6.61 Å². The van der Waals surface area contributed by atoms with Crippen molar-refractivity contribution in [2.75, 3.05) is 33.4 Å². The largest absolute Gasteiger partial charge is 0.493 e. The summed E-state index contributed by atoms with van der Waals surface area (Å²) in [6, 6.07) is 13.1. The Labute approximate surface area is 158 Å². The number of hydrogen-bond donors (Lipinski definition) is 1. The highest BCUT2D eigenvalue weighted by molar-refractivity contribution is 6.31. The van der Waals surface area contributed by atoms with Crippen LogP contribution in [0.3, 0.4) is 0 Å².